The fraction of sp³-hybridized carbons (Fsp3) is 0.875. The van der Waals surface area contributed by atoms with E-state index in [1.807, 2.05) is 0 Å². The zero-order valence-corrected chi connectivity index (χ0v) is 8.64. The molecule has 0 amide bonds. The molecule has 0 unspecified atom stereocenters. The molecule has 1 nitrogen and oxygen atoms in total. The number of hydrogen-bond acceptors (Lipinski definition) is 2. The zero-order valence-electron chi connectivity index (χ0n) is 7.06. The Labute approximate surface area is 85.2 Å². The van der Waals surface area contributed by atoms with Gasteiger partial charge in [-0.15, -0.1) is 0 Å². The molecular weight excluding hydrogens is 218 g/mol. The van der Waals surface area contributed by atoms with Gasteiger partial charge in [0.25, 0.3) is 5.24 Å². The molecule has 0 aromatic rings. The first-order valence-electron chi connectivity index (χ1n) is 4.18. The average molecular weight is 229 g/mol. The lowest BCUT2D eigenvalue weighted by molar-refractivity contribution is -0.136. The number of alkyl halides is 2. The monoisotopic (exact) mass is 228 g/mol. The van der Waals surface area contributed by atoms with Gasteiger partial charge in [-0.2, -0.15) is 20.5 Å². The highest BCUT2D eigenvalue weighted by atomic mass is 35.5. The normalized spacial score (nSPS) is 20.2. The predicted molar refractivity (Wildman–Crippen MR) is 50.5 cm³/mol. The number of thioether (sulfide) groups is 1. The molecular formula is C8H11ClF2OS. The zero-order chi connectivity index (χ0) is 9.90. The Balaban J connectivity index is 2.41. The van der Waals surface area contributed by atoms with Crippen LogP contribution in [-0.4, -0.2) is 22.7 Å². The first-order chi connectivity index (χ1) is 6.02. The molecule has 0 aliphatic carbocycles. The molecule has 0 bridgehead atoms. The topological polar surface area (TPSA) is 17.1 Å². The van der Waals surface area contributed by atoms with Crippen molar-refractivity contribution in [2.24, 2.45) is 5.92 Å². The molecule has 1 heterocycles. The van der Waals surface area contributed by atoms with Crippen molar-refractivity contribution in [2.45, 2.75) is 25.2 Å². The SMILES string of the molecule is O=C(Cl)C(F)(F)CC1CCSCC1. The maximum atomic E-state index is 12.8. The van der Waals surface area contributed by atoms with Crippen LogP contribution in [0.25, 0.3) is 0 Å². The number of carbonyl (C=O) groups excluding carboxylic acids is 1. The fourth-order valence-corrected chi connectivity index (χ4v) is 2.67. The molecule has 0 aromatic heterocycles. The van der Waals surface area contributed by atoms with Gasteiger partial charge in [0.1, 0.15) is 0 Å². The van der Waals surface area contributed by atoms with E-state index in [-0.39, 0.29) is 12.3 Å². The molecule has 0 aromatic carbocycles. The highest BCUT2D eigenvalue weighted by Crippen LogP contribution is 2.33. The Bertz CT molecular complexity index is 193. The van der Waals surface area contributed by atoms with E-state index >= 15 is 0 Å². The highest BCUT2D eigenvalue weighted by Gasteiger charge is 2.39. The predicted octanol–water partition coefficient (Wildman–Crippen LogP) is 2.92. The van der Waals surface area contributed by atoms with Crippen LogP contribution in [0.2, 0.25) is 0 Å². The quantitative estimate of drug-likeness (QED) is 0.691. The first-order valence-corrected chi connectivity index (χ1v) is 5.71. The lowest BCUT2D eigenvalue weighted by Crippen LogP contribution is -2.29. The van der Waals surface area contributed by atoms with Crippen LogP contribution in [0.1, 0.15) is 19.3 Å². The van der Waals surface area contributed by atoms with E-state index in [1.54, 1.807) is 11.8 Å². The maximum Gasteiger partial charge on any atom is 0.320 e. The summed E-state index contributed by atoms with van der Waals surface area (Å²) in [5, 5.41) is -1.52. The van der Waals surface area contributed by atoms with E-state index in [1.165, 1.54) is 0 Å². The molecule has 13 heavy (non-hydrogen) atoms. The van der Waals surface area contributed by atoms with E-state index in [0.717, 1.165) is 24.3 Å². The molecule has 0 radical (unpaired) electrons. The van der Waals surface area contributed by atoms with Crippen molar-refractivity contribution >= 4 is 28.6 Å². The van der Waals surface area contributed by atoms with Crippen LogP contribution < -0.4 is 0 Å². The second kappa shape index (κ2) is 4.60. The second-order valence-electron chi connectivity index (χ2n) is 3.24. The summed E-state index contributed by atoms with van der Waals surface area (Å²) >= 11 is 6.56. The van der Waals surface area contributed by atoms with Gasteiger partial charge in [0.15, 0.2) is 0 Å². The van der Waals surface area contributed by atoms with E-state index in [4.69, 9.17) is 11.6 Å². The van der Waals surface area contributed by atoms with Crippen molar-refractivity contribution in [2.75, 3.05) is 11.5 Å². The average Bonchev–Trinajstić information content (AvgIpc) is 2.05. The largest absolute Gasteiger partial charge is 0.320 e. The van der Waals surface area contributed by atoms with Gasteiger partial charge in [0.2, 0.25) is 0 Å². The molecule has 1 fully saturated rings. The number of hydrogen-bond donors (Lipinski definition) is 0. The molecule has 5 heteroatoms. The van der Waals surface area contributed by atoms with Gasteiger partial charge in [0, 0.05) is 6.42 Å². The third kappa shape index (κ3) is 3.43. The number of rotatable bonds is 3. The molecule has 0 atom stereocenters. The summed E-state index contributed by atoms with van der Waals surface area (Å²) in [4.78, 5) is 10.3. The summed E-state index contributed by atoms with van der Waals surface area (Å²) in [5.41, 5.74) is 0. The van der Waals surface area contributed by atoms with Gasteiger partial charge in [-0.1, -0.05) is 0 Å². The van der Waals surface area contributed by atoms with Crippen molar-refractivity contribution in [3.8, 4) is 0 Å². The Morgan fingerprint density at radius 2 is 2.00 bits per heavy atom. The van der Waals surface area contributed by atoms with Crippen molar-refractivity contribution < 1.29 is 13.6 Å². The molecule has 0 N–H and O–H groups in total. The molecule has 76 valence electrons. The number of carbonyl (C=O) groups is 1. The van der Waals surface area contributed by atoms with E-state index < -0.39 is 11.2 Å². The van der Waals surface area contributed by atoms with Gasteiger partial charge in [-0.3, -0.25) is 4.79 Å². The van der Waals surface area contributed by atoms with Crippen LogP contribution in [0.5, 0.6) is 0 Å². The van der Waals surface area contributed by atoms with E-state index in [9.17, 15) is 13.6 Å². The third-order valence-corrected chi connectivity index (χ3v) is 3.50. The van der Waals surface area contributed by atoms with E-state index in [2.05, 4.69) is 0 Å². The van der Waals surface area contributed by atoms with Crippen molar-refractivity contribution in [3.63, 3.8) is 0 Å². The Morgan fingerprint density at radius 3 is 2.46 bits per heavy atom. The van der Waals surface area contributed by atoms with Gasteiger partial charge >= 0.3 is 5.92 Å². The van der Waals surface area contributed by atoms with Gasteiger partial charge < -0.3 is 0 Å². The minimum absolute atomic E-state index is 0.0426. The van der Waals surface area contributed by atoms with Crippen molar-refractivity contribution in [3.05, 3.63) is 0 Å². The lowest BCUT2D eigenvalue weighted by atomic mass is 9.95. The minimum Gasteiger partial charge on any atom is -0.274 e. The second-order valence-corrected chi connectivity index (χ2v) is 4.81. The molecule has 1 aliphatic heterocycles. The van der Waals surface area contributed by atoms with Crippen LogP contribution in [-0.2, 0) is 4.79 Å². The maximum absolute atomic E-state index is 12.8. The van der Waals surface area contributed by atoms with Crippen LogP contribution in [0.15, 0.2) is 0 Å². The third-order valence-electron chi connectivity index (χ3n) is 2.17. The summed E-state index contributed by atoms with van der Waals surface area (Å²) in [7, 11) is 0. The molecule has 0 spiro atoms. The molecule has 1 aliphatic rings. The van der Waals surface area contributed by atoms with Gasteiger partial charge in [-0.25, -0.2) is 0 Å². The Morgan fingerprint density at radius 1 is 1.46 bits per heavy atom. The lowest BCUT2D eigenvalue weighted by Gasteiger charge is -2.23. The van der Waals surface area contributed by atoms with E-state index in [0.29, 0.717) is 0 Å². The first kappa shape index (κ1) is 11.2. The van der Waals surface area contributed by atoms with Gasteiger partial charge in [0.05, 0.1) is 0 Å². The minimum atomic E-state index is -3.33. The molecule has 0 saturated carbocycles. The number of halogens is 3. The Hall–Kier alpha value is 0.170. The Kier molecular flexibility index (Phi) is 3.98. The summed E-state index contributed by atoms with van der Waals surface area (Å²) in [6.07, 6.45) is 1.16. The molecule has 1 saturated heterocycles. The van der Waals surface area contributed by atoms with Crippen LogP contribution in [0, 0.1) is 5.92 Å². The van der Waals surface area contributed by atoms with Crippen molar-refractivity contribution in [1.82, 2.24) is 0 Å². The van der Waals surface area contributed by atoms with Crippen LogP contribution in [0.4, 0.5) is 8.78 Å². The molecule has 1 rings (SSSR count). The summed E-state index contributed by atoms with van der Waals surface area (Å²) < 4.78 is 25.7. The van der Waals surface area contributed by atoms with Crippen LogP contribution >= 0.6 is 23.4 Å². The van der Waals surface area contributed by atoms with Crippen LogP contribution in [0.3, 0.4) is 0 Å². The summed E-state index contributed by atoms with van der Waals surface area (Å²) in [6.45, 7) is 0. The van der Waals surface area contributed by atoms with Crippen molar-refractivity contribution in [1.29, 1.82) is 0 Å². The summed E-state index contributed by atoms with van der Waals surface area (Å²) in [6, 6.07) is 0. The summed E-state index contributed by atoms with van der Waals surface area (Å²) in [5.74, 6) is -1.54. The highest BCUT2D eigenvalue weighted by molar-refractivity contribution is 7.99. The standard InChI is InChI=1S/C8H11ClF2OS/c9-7(12)8(10,11)5-6-1-3-13-4-2-6/h6H,1-5H2. The van der Waals surface area contributed by atoms with Gasteiger partial charge in [-0.05, 0) is 41.9 Å². The smallest absolute Gasteiger partial charge is 0.274 e. The fourth-order valence-electron chi connectivity index (χ4n) is 1.39.